The lowest BCUT2D eigenvalue weighted by molar-refractivity contribution is 0.241. The van der Waals surface area contributed by atoms with Crippen LogP contribution in [0.5, 0.6) is 0 Å². The number of hydrogen-bond acceptors (Lipinski definition) is 6. The standard InChI is InChI=1S/C23H29N5O2S/c1-24-18-15-20(16-18)28-10-8-17-7-9-25-23(22(17)28)27-13-11-26(12-14-27)19-3-5-21(6-4-19)31(2,29)30/h3-10,18,20,24H,11-16H2,1-2H3/t18-,20-. The van der Waals surface area contributed by atoms with Gasteiger partial charge in [0.2, 0.25) is 0 Å². The molecule has 2 fully saturated rings. The molecule has 1 saturated heterocycles. The van der Waals surface area contributed by atoms with E-state index in [9.17, 15) is 8.42 Å². The van der Waals surface area contributed by atoms with Crippen molar-refractivity contribution in [1.82, 2.24) is 14.9 Å². The first-order chi connectivity index (χ1) is 14.9. The van der Waals surface area contributed by atoms with Gasteiger partial charge in [0, 0.05) is 68.0 Å². The maximum absolute atomic E-state index is 11.7. The summed E-state index contributed by atoms with van der Waals surface area (Å²) in [5.74, 6) is 1.07. The lowest BCUT2D eigenvalue weighted by atomic mass is 9.86. The number of nitrogens with zero attached hydrogens (tertiary/aromatic N) is 4. The minimum Gasteiger partial charge on any atom is -0.368 e. The van der Waals surface area contributed by atoms with Crippen molar-refractivity contribution in [2.75, 3.05) is 49.3 Å². The van der Waals surface area contributed by atoms with Crippen molar-refractivity contribution in [3.63, 3.8) is 0 Å². The second-order valence-electron chi connectivity index (χ2n) is 8.65. The number of piperazine rings is 1. The van der Waals surface area contributed by atoms with E-state index >= 15 is 0 Å². The molecule has 3 heterocycles. The topological polar surface area (TPSA) is 70.5 Å². The van der Waals surface area contributed by atoms with Gasteiger partial charge in [0.25, 0.3) is 0 Å². The predicted octanol–water partition coefficient (Wildman–Crippen LogP) is 2.69. The van der Waals surface area contributed by atoms with Gasteiger partial charge in [-0.2, -0.15) is 0 Å². The molecule has 1 saturated carbocycles. The molecule has 164 valence electrons. The van der Waals surface area contributed by atoms with Crippen LogP contribution < -0.4 is 15.1 Å². The molecule has 31 heavy (non-hydrogen) atoms. The number of aromatic nitrogens is 2. The van der Waals surface area contributed by atoms with Crippen molar-refractivity contribution >= 4 is 32.2 Å². The van der Waals surface area contributed by atoms with Gasteiger partial charge in [-0.1, -0.05) is 0 Å². The number of pyridine rings is 1. The van der Waals surface area contributed by atoms with Crippen molar-refractivity contribution in [2.24, 2.45) is 0 Å². The van der Waals surface area contributed by atoms with Crippen LogP contribution in [0.4, 0.5) is 11.5 Å². The molecule has 2 aromatic heterocycles. The molecule has 1 aromatic carbocycles. The maximum atomic E-state index is 11.7. The largest absolute Gasteiger partial charge is 0.368 e. The zero-order valence-electron chi connectivity index (χ0n) is 18.0. The molecule has 0 amide bonds. The van der Waals surface area contributed by atoms with Crippen LogP contribution in [0, 0.1) is 0 Å². The quantitative estimate of drug-likeness (QED) is 0.659. The summed E-state index contributed by atoms with van der Waals surface area (Å²) in [5, 5.41) is 4.62. The molecular weight excluding hydrogens is 410 g/mol. The van der Waals surface area contributed by atoms with Gasteiger partial charge in [-0.3, -0.25) is 0 Å². The Kier molecular flexibility index (Phi) is 5.14. The molecule has 0 bridgehead atoms. The van der Waals surface area contributed by atoms with E-state index in [-0.39, 0.29) is 0 Å². The predicted molar refractivity (Wildman–Crippen MR) is 125 cm³/mol. The van der Waals surface area contributed by atoms with Crippen LogP contribution in [0.1, 0.15) is 18.9 Å². The molecule has 1 aliphatic heterocycles. The number of anilines is 2. The van der Waals surface area contributed by atoms with Crippen molar-refractivity contribution < 1.29 is 8.42 Å². The summed E-state index contributed by atoms with van der Waals surface area (Å²) in [4.78, 5) is 9.84. The fourth-order valence-electron chi connectivity index (χ4n) is 4.76. The van der Waals surface area contributed by atoms with Gasteiger partial charge in [-0.05, 0) is 56.3 Å². The molecule has 1 N–H and O–H groups in total. The molecule has 8 heteroatoms. The SMILES string of the molecule is CN[C@H]1C[C@H](n2ccc3ccnc(N4CCN(c5ccc(S(C)(=O)=O)cc5)CC4)c32)C1. The summed E-state index contributed by atoms with van der Waals surface area (Å²) >= 11 is 0. The normalized spacial score (nSPS) is 22.0. The highest BCUT2D eigenvalue weighted by Gasteiger charge is 2.31. The molecule has 0 radical (unpaired) electrons. The minimum atomic E-state index is -3.17. The number of rotatable bonds is 5. The fourth-order valence-corrected chi connectivity index (χ4v) is 5.39. The van der Waals surface area contributed by atoms with Gasteiger partial charge in [-0.25, -0.2) is 13.4 Å². The highest BCUT2D eigenvalue weighted by atomic mass is 32.2. The second kappa shape index (κ2) is 7.84. The van der Waals surface area contributed by atoms with Crippen LogP contribution in [0.2, 0.25) is 0 Å². The van der Waals surface area contributed by atoms with E-state index in [2.05, 4.69) is 38.0 Å². The smallest absolute Gasteiger partial charge is 0.175 e. The monoisotopic (exact) mass is 439 g/mol. The average molecular weight is 440 g/mol. The van der Waals surface area contributed by atoms with E-state index in [4.69, 9.17) is 4.98 Å². The molecule has 1 aliphatic carbocycles. The van der Waals surface area contributed by atoms with E-state index in [0.29, 0.717) is 17.0 Å². The Morgan fingerprint density at radius 1 is 0.968 bits per heavy atom. The average Bonchev–Trinajstić information content (AvgIpc) is 3.17. The third-order valence-corrected chi connectivity index (χ3v) is 7.86. The Bertz CT molecular complexity index is 1170. The van der Waals surface area contributed by atoms with E-state index in [1.807, 2.05) is 25.4 Å². The van der Waals surface area contributed by atoms with Gasteiger partial charge in [0.05, 0.1) is 10.4 Å². The van der Waals surface area contributed by atoms with Crippen LogP contribution in [-0.2, 0) is 9.84 Å². The Morgan fingerprint density at radius 2 is 1.65 bits per heavy atom. The summed E-state index contributed by atoms with van der Waals surface area (Å²) < 4.78 is 25.8. The molecule has 0 atom stereocenters. The Morgan fingerprint density at radius 3 is 2.29 bits per heavy atom. The third-order valence-electron chi connectivity index (χ3n) is 6.73. The molecule has 5 rings (SSSR count). The van der Waals surface area contributed by atoms with Crippen molar-refractivity contribution in [1.29, 1.82) is 0 Å². The Hall–Kier alpha value is -2.58. The molecule has 3 aromatic rings. The first-order valence-electron chi connectivity index (χ1n) is 10.9. The third kappa shape index (κ3) is 3.78. The number of fused-ring (bicyclic) bond motifs is 1. The zero-order chi connectivity index (χ0) is 21.6. The fraction of sp³-hybridized carbons (Fsp3) is 0.435. The summed E-state index contributed by atoms with van der Waals surface area (Å²) in [6.07, 6.45) is 7.69. The molecule has 0 unspecified atom stereocenters. The van der Waals surface area contributed by atoms with Gasteiger partial charge >= 0.3 is 0 Å². The van der Waals surface area contributed by atoms with Crippen LogP contribution in [0.25, 0.3) is 10.9 Å². The van der Waals surface area contributed by atoms with E-state index < -0.39 is 9.84 Å². The Balaban J connectivity index is 1.33. The first kappa shape index (κ1) is 20.3. The van der Waals surface area contributed by atoms with E-state index in [1.54, 1.807) is 12.1 Å². The van der Waals surface area contributed by atoms with Crippen molar-refractivity contribution in [2.45, 2.75) is 29.8 Å². The molecule has 0 spiro atoms. The van der Waals surface area contributed by atoms with Crippen LogP contribution >= 0.6 is 0 Å². The minimum absolute atomic E-state index is 0.364. The number of sulfone groups is 1. The van der Waals surface area contributed by atoms with Crippen LogP contribution in [-0.4, -0.2) is 63.5 Å². The van der Waals surface area contributed by atoms with Crippen LogP contribution in [0.15, 0.2) is 53.7 Å². The molecule has 2 aliphatic rings. The van der Waals surface area contributed by atoms with Gasteiger partial charge in [-0.15, -0.1) is 0 Å². The lowest BCUT2D eigenvalue weighted by Crippen LogP contribution is -2.47. The van der Waals surface area contributed by atoms with Crippen molar-refractivity contribution in [3.8, 4) is 0 Å². The Labute approximate surface area is 183 Å². The first-order valence-corrected chi connectivity index (χ1v) is 12.8. The summed E-state index contributed by atoms with van der Waals surface area (Å²) in [6, 6.07) is 12.7. The van der Waals surface area contributed by atoms with Crippen molar-refractivity contribution in [3.05, 3.63) is 48.8 Å². The summed E-state index contributed by atoms with van der Waals surface area (Å²) in [5.41, 5.74) is 2.31. The zero-order valence-corrected chi connectivity index (χ0v) is 18.8. The second-order valence-corrected chi connectivity index (χ2v) is 10.7. The number of hydrogen-bond donors (Lipinski definition) is 1. The lowest BCUT2D eigenvalue weighted by Gasteiger charge is -2.39. The highest BCUT2D eigenvalue weighted by molar-refractivity contribution is 7.90. The maximum Gasteiger partial charge on any atom is 0.175 e. The number of nitrogens with one attached hydrogen (secondary N) is 1. The van der Waals surface area contributed by atoms with E-state index in [0.717, 1.165) is 50.5 Å². The van der Waals surface area contributed by atoms with E-state index in [1.165, 1.54) is 17.2 Å². The summed E-state index contributed by atoms with van der Waals surface area (Å²) in [7, 11) is -1.13. The molecular formula is C23H29N5O2S. The van der Waals surface area contributed by atoms with Gasteiger partial charge < -0.3 is 19.7 Å². The molecule has 7 nitrogen and oxygen atoms in total. The van der Waals surface area contributed by atoms with Crippen LogP contribution in [0.3, 0.4) is 0 Å². The van der Waals surface area contributed by atoms with Gasteiger partial charge in [0.1, 0.15) is 0 Å². The highest BCUT2D eigenvalue weighted by Crippen LogP contribution is 2.37. The number of benzene rings is 1. The summed E-state index contributed by atoms with van der Waals surface area (Å²) in [6.45, 7) is 3.52. The van der Waals surface area contributed by atoms with Gasteiger partial charge in [0.15, 0.2) is 15.7 Å².